The number of anilines is 1. The number of hydrogen-bond acceptors (Lipinski definition) is 5. The van der Waals surface area contributed by atoms with Crippen LogP contribution in [0.4, 0.5) is 10.1 Å². The number of amides is 2. The summed E-state index contributed by atoms with van der Waals surface area (Å²) in [5.74, 6) is -1.51. The molecule has 1 heterocycles. The zero-order valence-electron chi connectivity index (χ0n) is 15.3. The molecule has 3 rings (SSSR count). The smallest absolute Gasteiger partial charge is 0.274 e. The van der Waals surface area contributed by atoms with Crippen molar-refractivity contribution in [3.63, 3.8) is 0 Å². The lowest BCUT2D eigenvalue weighted by atomic mass is 10.1. The van der Waals surface area contributed by atoms with Gasteiger partial charge in [-0.2, -0.15) is 5.10 Å². The zero-order valence-corrected chi connectivity index (χ0v) is 16.1. The standard InChI is InChI=1S/C19H18ClFN4O4/c1-25-17(19(29)23-11-3-5-15(21)14(20)7-11)13-4-2-10(6-16(13)24-25)18(28)22-8-12(27)9-26/h2-7,12,26-27H,8-9H2,1H3,(H,22,28)(H,23,29)/t12-/m0/s1. The van der Waals surface area contributed by atoms with Crippen LogP contribution in [0.15, 0.2) is 36.4 Å². The van der Waals surface area contributed by atoms with Crippen molar-refractivity contribution in [2.45, 2.75) is 6.10 Å². The fourth-order valence-corrected chi connectivity index (χ4v) is 2.93. The summed E-state index contributed by atoms with van der Waals surface area (Å²) in [7, 11) is 1.59. The lowest BCUT2D eigenvalue weighted by Crippen LogP contribution is -2.33. The molecule has 0 aliphatic carbocycles. The van der Waals surface area contributed by atoms with E-state index in [0.717, 1.165) is 6.07 Å². The third kappa shape index (κ3) is 4.53. The van der Waals surface area contributed by atoms with Gasteiger partial charge in [-0.15, -0.1) is 0 Å². The Morgan fingerprint density at radius 3 is 2.69 bits per heavy atom. The second kappa shape index (κ2) is 8.56. The van der Waals surface area contributed by atoms with Gasteiger partial charge in [-0.05, 0) is 36.4 Å². The van der Waals surface area contributed by atoms with Gasteiger partial charge < -0.3 is 20.8 Å². The summed E-state index contributed by atoms with van der Waals surface area (Å²) >= 11 is 5.74. The van der Waals surface area contributed by atoms with Crippen LogP contribution >= 0.6 is 11.6 Å². The summed E-state index contributed by atoms with van der Waals surface area (Å²) in [5, 5.41) is 27.9. The molecule has 1 atom stereocenters. The zero-order chi connectivity index (χ0) is 21.1. The normalized spacial score (nSPS) is 12.0. The highest BCUT2D eigenvalue weighted by Gasteiger charge is 2.19. The van der Waals surface area contributed by atoms with Crippen LogP contribution in [0.5, 0.6) is 0 Å². The molecule has 0 spiro atoms. The van der Waals surface area contributed by atoms with Crippen molar-refractivity contribution in [3.05, 3.63) is 58.5 Å². The van der Waals surface area contributed by atoms with Crippen LogP contribution < -0.4 is 10.6 Å². The van der Waals surface area contributed by atoms with E-state index in [1.54, 1.807) is 13.1 Å². The van der Waals surface area contributed by atoms with Gasteiger partial charge in [0.05, 0.1) is 23.3 Å². The molecule has 1 aromatic heterocycles. The number of fused-ring (bicyclic) bond motifs is 1. The van der Waals surface area contributed by atoms with E-state index in [4.69, 9.17) is 16.7 Å². The molecule has 0 bridgehead atoms. The van der Waals surface area contributed by atoms with Crippen molar-refractivity contribution in [1.82, 2.24) is 15.1 Å². The molecule has 2 amide bonds. The molecule has 29 heavy (non-hydrogen) atoms. The summed E-state index contributed by atoms with van der Waals surface area (Å²) in [6.07, 6.45) is -1.05. The van der Waals surface area contributed by atoms with E-state index in [1.165, 1.54) is 28.9 Å². The van der Waals surface area contributed by atoms with Crippen molar-refractivity contribution in [1.29, 1.82) is 0 Å². The number of carbonyl (C=O) groups is 2. The van der Waals surface area contributed by atoms with Gasteiger partial charge in [0.15, 0.2) is 0 Å². The van der Waals surface area contributed by atoms with Gasteiger partial charge in [-0.25, -0.2) is 4.39 Å². The molecule has 0 saturated carbocycles. The highest BCUT2D eigenvalue weighted by molar-refractivity contribution is 6.31. The Kier molecular flexibility index (Phi) is 6.12. The fourth-order valence-electron chi connectivity index (χ4n) is 2.75. The van der Waals surface area contributed by atoms with Gasteiger partial charge in [-0.1, -0.05) is 11.6 Å². The van der Waals surface area contributed by atoms with Gasteiger partial charge in [-0.3, -0.25) is 14.3 Å². The highest BCUT2D eigenvalue weighted by Crippen LogP contribution is 2.23. The quantitative estimate of drug-likeness (QED) is 0.484. The SMILES string of the molecule is Cn1nc2cc(C(=O)NC[C@H](O)CO)ccc2c1C(=O)Nc1ccc(F)c(Cl)c1. The van der Waals surface area contributed by atoms with Crippen molar-refractivity contribution in [3.8, 4) is 0 Å². The Labute approximate surface area is 169 Å². The second-order valence-corrected chi connectivity index (χ2v) is 6.74. The minimum absolute atomic E-state index is 0.0938. The van der Waals surface area contributed by atoms with Crippen LogP contribution in [-0.4, -0.2) is 51.1 Å². The van der Waals surface area contributed by atoms with E-state index in [0.29, 0.717) is 16.6 Å². The number of hydrogen-bond donors (Lipinski definition) is 4. The number of aliphatic hydroxyl groups excluding tert-OH is 2. The molecule has 10 heteroatoms. The lowest BCUT2D eigenvalue weighted by Gasteiger charge is -2.09. The number of nitrogens with one attached hydrogen (secondary N) is 2. The number of aryl methyl sites for hydroxylation is 1. The second-order valence-electron chi connectivity index (χ2n) is 6.33. The largest absolute Gasteiger partial charge is 0.394 e. The molecule has 0 unspecified atom stereocenters. The predicted octanol–water partition coefficient (Wildman–Crippen LogP) is 1.70. The number of benzene rings is 2. The maximum absolute atomic E-state index is 13.3. The van der Waals surface area contributed by atoms with Gasteiger partial charge in [0.2, 0.25) is 0 Å². The highest BCUT2D eigenvalue weighted by atomic mass is 35.5. The first-order chi connectivity index (χ1) is 13.8. The molecule has 0 aliphatic heterocycles. The third-order valence-electron chi connectivity index (χ3n) is 4.20. The summed E-state index contributed by atoms with van der Waals surface area (Å²) in [6, 6.07) is 8.47. The van der Waals surface area contributed by atoms with E-state index in [-0.39, 0.29) is 22.8 Å². The van der Waals surface area contributed by atoms with Crippen molar-refractivity contribution in [2.24, 2.45) is 7.05 Å². The number of aromatic nitrogens is 2. The minimum Gasteiger partial charge on any atom is -0.394 e. The van der Waals surface area contributed by atoms with Gasteiger partial charge in [0.1, 0.15) is 11.5 Å². The first kappa shape index (κ1) is 20.7. The van der Waals surface area contributed by atoms with Crippen LogP contribution in [0.25, 0.3) is 10.9 Å². The van der Waals surface area contributed by atoms with E-state index < -0.39 is 30.3 Å². The number of halogens is 2. The number of nitrogens with zero attached hydrogens (tertiary/aromatic N) is 2. The Hall–Kier alpha value is -3.01. The van der Waals surface area contributed by atoms with Crippen LogP contribution in [0.2, 0.25) is 5.02 Å². The molecule has 0 saturated heterocycles. The van der Waals surface area contributed by atoms with E-state index >= 15 is 0 Å². The van der Waals surface area contributed by atoms with E-state index in [1.807, 2.05) is 0 Å². The Bertz CT molecular complexity index is 1090. The van der Waals surface area contributed by atoms with Gasteiger partial charge in [0, 0.05) is 30.2 Å². The molecule has 3 aromatic rings. The number of rotatable bonds is 6. The average Bonchev–Trinajstić information content (AvgIpc) is 3.03. The average molecular weight is 421 g/mol. The molecule has 8 nitrogen and oxygen atoms in total. The molecule has 0 fully saturated rings. The minimum atomic E-state index is -1.05. The Morgan fingerprint density at radius 2 is 2.00 bits per heavy atom. The van der Waals surface area contributed by atoms with Crippen LogP contribution in [-0.2, 0) is 7.05 Å². The fraction of sp³-hybridized carbons (Fsp3) is 0.211. The van der Waals surface area contributed by atoms with Crippen LogP contribution in [0.1, 0.15) is 20.8 Å². The number of carbonyl (C=O) groups excluding carboxylic acids is 2. The molecule has 2 aromatic carbocycles. The lowest BCUT2D eigenvalue weighted by molar-refractivity contribution is 0.0802. The number of aliphatic hydroxyl groups is 2. The molecule has 0 aliphatic rings. The van der Waals surface area contributed by atoms with Crippen molar-refractivity contribution in [2.75, 3.05) is 18.5 Å². The van der Waals surface area contributed by atoms with E-state index in [2.05, 4.69) is 15.7 Å². The topological polar surface area (TPSA) is 116 Å². The van der Waals surface area contributed by atoms with Gasteiger partial charge in [0.25, 0.3) is 11.8 Å². The molecular formula is C19H18ClFN4O4. The van der Waals surface area contributed by atoms with Crippen molar-refractivity contribution >= 4 is 40.0 Å². The van der Waals surface area contributed by atoms with Crippen LogP contribution in [0, 0.1) is 5.82 Å². The summed E-state index contributed by atoms with van der Waals surface area (Å²) < 4.78 is 14.7. The molecular weight excluding hydrogens is 403 g/mol. The van der Waals surface area contributed by atoms with Crippen molar-refractivity contribution < 1.29 is 24.2 Å². The molecule has 4 N–H and O–H groups in total. The predicted molar refractivity (Wildman–Crippen MR) is 106 cm³/mol. The first-order valence-electron chi connectivity index (χ1n) is 8.60. The summed E-state index contributed by atoms with van der Waals surface area (Å²) in [4.78, 5) is 24.9. The van der Waals surface area contributed by atoms with E-state index in [9.17, 15) is 19.1 Å². The summed E-state index contributed by atoms with van der Waals surface area (Å²) in [6.45, 7) is -0.555. The monoisotopic (exact) mass is 420 g/mol. The molecule has 0 radical (unpaired) electrons. The Balaban J connectivity index is 1.84. The Morgan fingerprint density at radius 1 is 1.24 bits per heavy atom. The van der Waals surface area contributed by atoms with Gasteiger partial charge >= 0.3 is 0 Å². The molecule has 152 valence electrons. The maximum Gasteiger partial charge on any atom is 0.274 e. The maximum atomic E-state index is 13.3. The summed E-state index contributed by atoms with van der Waals surface area (Å²) in [5.41, 5.74) is 1.29. The third-order valence-corrected chi connectivity index (χ3v) is 4.49. The first-order valence-corrected chi connectivity index (χ1v) is 8.98. The van der Waals surface area contributed by atoms with Crippen LogP contribution in [0.3, 0.4) is 0 Å².